The Morgan fingerprint density at radius 2 is 1.90 bits per heavy atom. The van der Waals surface area contributed by atoms with Crippen molar-refractivity contribution < 1.29 is 9.53 Å². The Hall–Kier alpha value is -1.73. The van der Waals surface area contributed by atoms with Crippen LogP contribution in [-0.2, 0) is 11.4 Å². The standard InChI is InChI=1S/C23H29ClN4O2S/c24-19-7-3-4-8-20(19)30-14-21-25-26-23(28(21)18-9-10-18)31-15-22(29)27-12-11-16-5-1-2-6-17(16)13-27/h3-4,7-8,16-18H,1-2,5-6,9-15H2/t16-,17-/m1/s1. The highest BCUT2D eigenvalue weighted by Crippen LogP contribution is 2.40. The highest BCUT2D eigenvalue weighted by Gasteiger charge is 2.34. The molecule has 0 unspecified atom stereocenters. The lowest BCUT2D eigenvalue weighted by Crippen LogP contribution is -2.45. The number of amides is 1. The quantitative estimate of drug-likeness (QED) is 0.545. The topological polar surface area (TPSA) is 60.2 Å². The van der Waals surface area contributed by atoms with Gasteiger partial charge in [0, 0.05) is 19.1 Å². The highest BCUT2D eigenvalue weighted by atomic mass is 35.5. The first-order valence-electron chi connectivity index (χ1n) is 11.4. The third-order valence-electron chi connectivity index (χ3n) is 6.81. The van der Waals surface area contributed by atoms with E-state index in [1.165, 1.54) is 43.9 Å². The van der Waals surface area contributed by atoms with Gasteiger partial charge in [-0.15, -0.1) is 10.2 Å². The SMILES string of the molecule is O=C(CSc1nnc(COc2ccccc2Cl)n1C1CC1)N1CC[C@H]2CCCC[C@@H]2C1. The van der Waals surface area contributed by atoms with E-state index in [2.05, 4.69) is 19.7 Å². The van der Waals surface area contributed by atoms with Crippen LogP contribution >= 0.6 is 23.4 Å². The molecule has 8 heteroatoms. The number of hydrogen-bond acceptors (Lipinski definition) is 5. The number of ether oxygens (including phenoxy) is 1. The Morgan fingerprint density at radius 3 is 2.71 bits per heavy atom. The molecule has 2 aliphatic carbocycles. The van der Waals surface area contributed by atoms with Crippen molar-refractivity contribution in [2.45, 2.75) is 62.8 Å². The summed E-state index contributed by atoms with van der Waals surface area (Å²) in [4.78, 5) is 15.0. The van der Waals surface area contributed by atoms with Crippen molar-refractivity contribution in [2.24, 2.45) is 11.8 Å². The molecule has 0 N–H and O–H groups in total. The monoisotopic (exact) mass is 460 g/mol. The van der Waals surface area contributed by atoms with Gasteiger partial charge in [0.15, 0.2) is 11.0 Å². The molecular formula is C23H29ClN4O2S. The number of halogens is 1. The highest BCUT2D eigenvalue weighted by molar-refractivity contribution is 7.99. The summed E-state index contributed by atoms with van der Waals surface area (Å²) in [5.41, 5.74) is 0. The number of carbonyl (C=O) groups is 1. The van der Waals surface area contributed by atoms with Crippen molar-refractivity contribution >= 4 is 29.3 Å². The van der Waals surface area contributed by atoms with E-state index in [1.54, 1.807) is 0 Å². The first-order valence-corrected chi connectivity index (χ1v) is 12.8. The van der Waals surface area contributed by atoms with Gasteiger partial charge < -0.3 is 9.64 Å². The second kappa shape index (κ2) is 9.41. The average molecular weight is 461 g/mol. The lowest BCUT2D eigenvalue weighted by atomic mass is 9.75. The van der Waals surface area contributed by atoms with Crippen molar-refractivity contribution in [3.63, 3.8) is 0 Å². The maximum absolute atomic E-state index is 12.9. The predicted molar refractivity (Wildman–Crippen MR) is 121 cm³/mol. The van der Waals surface area contributed by atoms with Crippen LogP contribution in [0.4, 0.5) is 0 Å². The number of piperidine rings is 1. The zero-order valence-electron chi connectivity index (χ0n) is 17.7. The molecule has 31 heavy (non-hydrogen) atoms. The molecule has 1 aromatic carbocycles. The molecule has 0 spiro atoms. The maximum atomic E-state index is 12.9. The lowest BCUT2D eigenvalue weighted by molar-refractivity contribution is -0.131. The summed E-state index contributed by atoms with van der Waals surface area (Å²) in [6.45, 7) is 2.17. The van der Waals surface area contributed by atoms with Gasteiger partial charge in [0.2, 0.25) is 5.91 Å². The molecule has 6 nitrogen and oxygen atoms in total. The Kier molecular flexibility index (Phi) is 6.41. The van der Waals surface area contributed by atoms with Gasteiger partial charge in [0.25, 0.3) is 0 Å². The summed E-state index contributed by atoms with van der Waals surface area (Å²) >= 11 is 7.71. The molecule has 2 atom stereocenters. The van der Waals surface area contributed by atoms with E-state index in [1.807, 2.05) is 24.3 Å². The number of thioether (sulfide) groups is 1. The van der Waals surface area contributed by atoms with Crippen LogP contribution in [0.15, 0.2) is 29.4 Å². The molecule has 5 rings (SSSR count). The maximum Gasteiger partial charge on any atom is 0.233 e. The number of nitrogens with zero attached hydrogens (tertiary/aromatic N) is 4. The summed E-state index contributed by atoms with van der Waals surface area (Å²) in [6.07, 6.45) is 8.73. The smallest absolute Gasteiger partial charge is 0.233 e. The molecule has 1 saturated heterocycles. The van der Waals surface area contributed by atoms with E-state index in [0.29, 0.717) is 35.1 Å². The molecule has 166 valence electrons. The number of para-hydroxylation sites is 1. The molecular weight excluding hydrogens is 432 g/mol. The van der Waals surface area contributed by atoms with Gasteiger partial charge >= 0.3 is 0 Å². The van der Waals surface area contributed by atoms with E-state index in [0.717, 1.165) is 42.8 Å². The van der Waals surface area contributed by atoms with E-state index in [4.69, 9.17) is 16.3 Å². The molecule has 2 heterocycles. The molecule has 1 aliphatic heterocycles. The lowest BCUT2D eigenvalue weighted by Gasteiger charge is -2.41. The minimum Gasteiger partial charge on any atom is -0.484 e. The van der Waals surface area contributed by atoms with E-state index >= 15 is 0 Å². The van der Waals surface area contributed by atoms with Crippen LogP contribution in [0.2, 0.25) is 5.02 Å². The van der Waals surface area contributed by atoms with Gasteiger partial charge in [0.05, 0.1) is 10.8 Å². The van der Waals surface area contributed by atoms with Crippen LogP contribution in [0.3, 0.4) is 0 Å². The van der Waals surface area contributed by atoms with Crippen LogP contribution in [0.25, 0.3) is 0 Å². The number of hydrogen-bond donors (Lipinski definition) is 0. The van der Waals surface area contributed by atoms with Crippen LogP contribution in [0, 0.1) is 11.8 Å². The van der Waals surface area contributed by atoms with Crippen molar-refractivity contribution in [1.29, 1.82) is 0 Å². The Balaban J connectivity index is 1.20. The molecule has 0 bridgehead atoms. The van der Waals surface area contributed by atoms with Gasteiger partial charge in [-0.2, -0.15) is 0 Å². The molecule has 3 fully saturated rings. The number of likely N-dealkylation sites (tertiary alicyclic amines) is 1. The number of aromatic nitrogens is 3. The second-order valence-electron chi connectivity index (χ2n) is 8.94. The fraction of sp³-hybridized carbons (Fsp3) is 0.609. The van der Waals surface area contributed by atoms with Crippen LogP contribution in [0.1, 0.15) is 56.8 Å². The molecule has 3 aliphatic rings. The van der Waals surface area contributed by atoms with Crippen LogP contribution in [-0.4, -0.2) is 44.4 Å². The average Bonchev–Trinajstić information content (AvgIpc) is 3.56. The van der Waals surface area contributed by atoms with Crippen molar-refractivity contribution in [3.05, 3.63) is 35.1 Å². The van der Waals surface area contributed by atoms with E-state index in [9.17, 15) is 4.79 Å². The largest absolute Gasteiger partial charge is 0.484 e. The van der Waals surface area contributed by atoms with Gasteiger partial charge in [-0.3, -0.25) is 9.36 Å². The summed E-state index contributed by atoms with van der Waals surface area (Å²) < 4.78 is 8.04. The molecule has 2 saturated carbocycles. The van der Waals surface area contributed by atoms with Crippen LogP contribution in [0.5, 0.6) is 5.75 Å². The third-order valence-corrected chi connectivity index (χ3v) is 8.05. The third kappa shape index (κ3) is 4.87. The zero-order chi connectivity index (χ0) is 21.2. The number of rotatable bonds is 7. The molecule has 1 aromatic heterocycles. The molecule has 2 aromatic rings. The summed E-state index contributed by atoms with van der Waals surface area (Å²) in [5, 5.41) is 10.2. The van der Waals surface area contributed by atoms with Crippen molar-refractivity contribution in [1.82, 2.24) is 19.7 Å². The number of benzene rings is 1. The predicted octanol–water partition coefficient (Wildman–Crippen LogP) is 4.98. The first-order chi connectivity index (χ1) is 15.2. The van der Waals surface area contributed by atoms with Crippen molar-refractivity contribution in [3.8, 4) is 5.75 Å². The fourth-order valence-electron chi connectivity index (χ4n) is 4.95. The molecule has 0 radical (unpaired) electrons. The summed E-state index contributed by atoms with van der Waals surface area (Å²) in [6, 6.07) is 7.85. The second-order valence-corrected chi connectivity index (χ2v) is 10.3. The van der Waals surface area contributed by atoms with Gasteiger partial charge in [-0.1, -0.05) is 54.8 Å². The van der Waals surface area contributed by atoms with E-state index < -0.39 is 0 Å². The number of fused-ring (bicyclic) bond motifs is 1. The normalized spacial score (nSPS) is 23.5. The Labute approximate surface area is 192 Å². The minimum absolute atomic E-state index is 0.230. The van der Waals surface area contributed by atoms with Gasteiger partial charge in [-0.05, 0) is 49.7 Å². The Bertz CT molecular complexity index is 932. The fourth-order valence-corrected chi connectivity index (χ4v) is 6.07. The first kappa shape index (κ1) is 21.1. The van der Waals surface area contributed by atoms with Crippen molar-refractivity contribution in [2.75, 3.05) is 18.8 Å². The van der Waals surface area contributed by atoms with E-state index in [-0.39, 0.29) is 5.91 Å². The summed E-state index contributed by atoms with van der Waals surface area (Å²) in [5.74, 6) is 3.64. The Morgan fingerprint density at radius 1 is 1.10 bits per heavy atom. The minimum atomic E-state index is 0.230. The van der Waals surface area contributed by atoms with Crippen LogP contribution < -0.4 is 4.74 Å². The zero-order valence-corrected chi connectivity index (χ0v) is 19.3. The number of carbonyl (C=O) groups excluding carboxylic acids is 1. The van der Waals surface area contributed by atoms with Gasteiger partial charge in [0.1, 0.15) is 12.4 Å². The molecule has 1 amide bonds. The summed E-state index contributed by atoms with van der Waals surface area (Å²) in [7, 11) is 0. The van der Waals surface area contributed by atoms with Gasteiger partial charge in [-0.25, -0.2) is 0 Å².